The zero-order valence-electron chi connectivity index (χ0n) is 8.82. The number of hydrogen-bond acceptors (Lipinski definition) is 3. The highest BCUT2D eigenvalue weighted by atomic mass is 16.5. The fourth-order valence-corrected chi connectivity index (χ4v) is 1.37. The molecule has 78 valence electrons. The summed E-state index contributed by atoms with van der Waals surface area (Å²) in [5.41, 5.74) is 7.47. The highest BCUT2D eigenvalue weighted by Crippen LogP contribution is 2.27. The lowest BCUT2D eigenvalue weighted by Gasteiger charge is -2.18. The summed E-state index contributed by atoms with van der Waals surface area (Å²) >= 11 is 0. The average Bonchev–Trinajstić information content (AvgIpc) is 2.16. The minimum Gasteiger partial charge on any atom is -0.496 e. The molecule has 3 N–H and O–H groups in total. The Labute approximate surface area is 84.5 Å². The van der Waals surface area contributed by atoms with Gasteiger partial charge in [-0.05, 0) is 26.0 Å². The van der Waals surface area contributed by atoms with Crippen LogP contribution >= 0.6 is 0 Å². The SMILES string of the molecule is COc1ccc(C)cc1C(O)C(C)N. The van der Waals surface area contributed by atoms with Gasteiger partial charge in [-0.25, -0.2) is 0 Å². The second-order valence-corrected chi connectivity index (χ2v) is 3.55. The molecule has 0 saturated carbocycles. The second-order valence-electron chi connectivity index (χ2n) is 3.55. The van der Waals surface area contributed by atoms with Gasteiger partial charge in [0.25, 0.3) is 0 Å². The predicted octanol–water partition coefficient (Wildman–Crippen LogP) is 1.38. The Morgan fingerprint density at radius 1 is 1.43 bits per heavy atom. The van der Waals surface area contributed by atoms with Crippen LogP contribution in [0.3, 0.4) is 0 Å². The number of nitrogens with two attached hydrogens (primary N) is 1. The van der Waals surface area contributed by atoms with Gasteiger partial charge in [-0.2, -0.15) is 0 Å². The van der Waals surface area contributed by atoms with E-state index in [9.17, 15) is 5.11 Å². The monoisotopic (exact) mass is 195 g/mol. The third-order valence-corrected chi connectivity index (χ3v) is 2.20. The van der Waals surface area contributed by atoms with E-state index >= 15 is 0 Å². The van der Waals surface area contributed by atoms with Crippen molar-refractivity contribution in [3.8, 4) is 5.75 Å². The van der Waals surface area contributed by atoms with Crippen LogP contribution < -0.4 is 10.5 Å². The average molecular weight is 195 g/mol. The van der Waals surface area contributed by atoms with Crippen LogP contribution in [0.1, 0.15) is 24.2 Å². The van der Waals surface area contributed by atoms with Crippen LogP contribution in [0, 0.1) is 6.92 Å². The van der Waals surface area contributed by atoms with Gasteiger partial charge >= 0.3 is 0 Å². The van der Waals surface area contributed by atoms with E-state index in [1.807, 2.05) is 25.1 Å². The van der Waals surface area contributed by atoms with Gasteiger partial charge in [-0.15, -0.1) is 0 Å². The van der Waals surface area contributed by atoms with Gasteiger partial charge in [-0.1, -0.05) is 11.6 Å². The summed E-state index contributed by atoms with van der Waals surface area (Å²) in [5, 5.41) is 9.83. The minimum absolute atomic E-state index is 0.300. The zero-order valence-corrected chi connectivity index (χ0v) is 8.82. The van der Waals surface area contributed by atoms with Crippen molar-refractivity contribution in [1.29, 1.82) is 0 Å². The molecule has 2 atom stereocenters. The maximum absolute atomic E-state index is 9.83. The van der Waals surface area contributed by atoms with Crippen LogP contribution in [-0.4, -0.2) is 18.3 Å². The number of rotatable bonds is 3. The molecule has 0 aromatic heterocycles. The van der Waals surface area contributed by atoms with Crippen LogP contribution in [0.4, 0.5) is 0 Å². The summed E-state index contributed by atoms with van der Waals surface area (Å²) in [7, 11) is 1.59. The number of aryl methyl sites for hydroxylation is 1. The maximum Gasteiger partial charge on any atom is 0.124 e. The Hall–Kier alpha value is -1.06. The van der Waals surface area contributed by atoms with E-state index in [-0.39, 0.29) is 6.04 Å². The molecule has 0 aliphatic rings. The van der Waals surface area contributed by atoms with Gasteiger partial charge < -0.3 is 15.6 Å². The smallest absolute Gasteiger partial charge is 0.124 e. The van der Waals surface area contributed by atoms with Crippen molar-refractivity contribution >= 4 is 0 Å². The summed E-state index contributed by atoms with van der Waals surface area (Å²) in [5.74, 6) is 0.681. The topological polar surface area (TPSA) is 55.5 Å². The van der Waals surface area contributed by atoms with Crippen LogP contribution in [0.25, 0.3) is 0 Å². The van der Waals surface area contributed by atoms with Crippen molar-refractivity contribution in [1.82, 2.24) is 0 Å². The first-order chi connectivity index (χ1) is 6.56. The third-order valence-electron chi connectivity index (χ3n) is 2.20. The van der Waals surface area contributed by atoms with E-state index in [2.05, 4.69) is 0 Å². The number of methoxy groups -OCH3 is 1. The van der Waals surface area contributed by atoms with Gasteiger partial charge in [0.05, 0.1) is 13.2 Å². The Morgan fingerprint density at radius 3 is 2.57 bits per heavy atom. The number of ether oxygens (including phenoxy) is 1. The first-order valence-corrected chi connectivity index (χ1v) is 4.64. The molecule has 0 saturated heterocycles. The van der Waals surface area contributed by atoms with Gasteiger partial charge in [0, 0.05) is 11.6 Å². The third kappa shape index (κ3) is 2.25. The molecule has 1 aromatic carbocycles. The lowest BCUT2D eigenvalue weighted by molar-refractivity contribution is 0.149. The molecule has 0 amide bonds. The molecule has 3 heteroatoms. The molecule has 0 aliphatic heterocycles. The molecule has 2 unspecified atom stereocenters. The van der Waals surface area contributed by atoms with Crippen LogP contribution in [-0.2, 0) is 0 Å². The van der Waals surface area contributed by atoms with E-state index in [0.29, 0.717) is 5.75 Å². The van der Waals surface area contributed by atoms with Gasteiger partial charge in [0.1, 0.15) is 5.75 Å². The maximum atomic E-state index is 9.83. The van der Waals surface area contributed by atoms with Crippen LogP contribution in [0.2, 0.25) is 0 Å². The molecular formula is C11H17NO2. The Morgan fingerprint density at radius 2 is 2.07 bits per heavy atom. The first-order valence-electron chi connectivity index (χ1n) is 4.64. The van der Waals surface area contributed by atoms with Crippen LogP contribution in [0.15, 0.2) is 18.2 Å². The molecule has 0 bridgehead atoms. The van der Waals surface area contributed by atoms with Gasteiger partial charge in [0.15, 0.2) is 0 Å². The highest BCUT2D eigenvalue weighted by Gasteiger charge is 2.16. The van der Waals surface area contributed by atoms with E-state index in [0.717, 1.165) is 11.1 Å². The molecule has 1 rings (SSSR count). The van der Waals surface area contributed by atoms with E-state index < -0.39 is 6.10 Å². The zero-order chi connectivity index (χ0) is 10.7. The summed E-state index contributed by atoms with van der Waals surface area (Å²) < 4.78 is 5.16. The molecule has 0 aliphatic carbocycles. The lowest BCUT2D eigenvalue weighted by Crippen LogP contribution is -2.24. The van der Waals surface area contributed by atoms with Crippen LogP contribution in [0.5, 0.6) is 5.75 Å². The van der Waals surface area contributed by atoms with E-state index in [4.69, 9.17) is 10.5 Å². The molecule has 0 spiro atoms. The molecule has 0 radical (unpaired) electrons. The standard InChI is InChI=1S/C11H17NO2/c1-7-4-5-10(14-3)9(6-7)11(13)8(2)12/h4-6,8,11,13H,12H2,1-3H3. The Kier molecular flexibility index (Phi) is 3.49. The van der Waals surface area contributed by atoms with Crippen molar-refractivity contribution in [3.05, 3.63) is 29.3 Å². The quantitative estimate of drug-likeness (QED) is 0.766. The molecule has 0 heterocycles. The molecule has 3 nitrogen and oxygen atoms in total. The fraction of sp³-hybridized carbons (Fsp3) is 0.455. The number of aliphatic hydroxyl groups excluding tert-OH is 1. The van der Waals surface area contributed by atoms with Crippen molar-refractivity contribution in [2.45, 2.75) is 26.0 Å². The van der Waals surface area contributed by atoms with Crippen molar-refractivity contribution in [2.75, 3.05) is 7.11 Å². The number of hydrogen-bond donors (Lipinski definition) is 2. The molecule has 0 fully saturated rings. The Bertz CT molecular complexity index is 310. The van der Waals surface area contributed by atoms with E-state index in [1.165, 1.54) is 0 Å². The summed E-state index contributed by atoms with van der Waals surface area (Å²) in [4.78, 5) is 0. The van der Waals surface area contributed by atoms with E-state index in [1.54, 1.807) is 14.0 Å². The minimum atomic E-state index is -0.676. The van der Waals surface area contributed by atoms with Crippen molar-refractivity contribution in [2.24, 2.45) is 5.73 Å². The molecule has 14 heavy (non-hydrogen) atoms. The predicted molar refractivity (Wildman–Crippen MR) is 56.3 cm³/mol. The number of aliphatic hydroxyl groups is 1. The summed E-state index contributed by atoms with van der Waals surface area (Å²) in [6, 6.07) is 5.38. The normalized spacial score (nSPS) is 14.9. The largest absolute Gasteiger partial charge is 0.496 e. The summed E-state index contributed by atoms with van der Waals surface area (Å²) in [6.45, 7) is 3.74. The molecular weight excluding hydrogens is 178 g/mol. The Balaban J connectivity index is 3.10. The lowest BCUT2D eigenvalue weighted by atomic mass is 10.0. The number of benzene rings is 1. The van der Waals surface area contributed by atoms with Crippen molar-refractivity contribution in [3.63, 3.8) is 0 Å². The molecule has 1 aromatic rings. The second kappa shape index (κ2) is 4.44. The van der Waals surface area contributed by atoms with Gasteiger partial charge in [0.2, 0.25) is 0 Å². The summed E-state index contributed by atoms with van der Waals surface area (Å²) in [6.07, 6.45) is -0.676. The van der Waals surface area contributed by atoms with Gasteiger partial charge in [-0.3, -0.25) is 0 Å². The highest BCUT2D eigenvalue weighted by molar-refractivity contribution is 5.38. The van der Waals surface area contributed by atoms with Crippen molar-refractivity contribution < 1.29 is 9.84 Å². The first kappa shape index (κ1) is 11.0. The fourth-order valence-electron chi connectivity index (χ4n) is 1.37.